The number of anilines is 4. The van der Waals surface area contributed by atoms with Gasteiger partial charge in [0.25, 0.3) is 0 Å². The summed E-state index contributed by atoms with van der Waals surface area (Å²) in [7, 11) is 0.247. The quantitative estimate of drug-likeness (QED) is 0.148. The Labute approximate surface area is 297 Å². The van der Waals surface area contributed by atoms with Crippen LogP contribution in [0.5, 0.6) is 5.75 Å². The van der Waals surface area contributed by atoms with Crippen LogP contribution in [0.1, 0.15) is 37.8 Å². The number of nitrogens with zero attached hydrogens (tertiary/aromatic N) is 6. The lowest BCUT2D eigenvalue weighted by Crippen LogP contribution is -2.46. The molecule has 11 heteroatoms. The molecule has 10 nitrogen and oxygen atoms in total. The van der Waals surface area contributed by atoms with Gasteiger partial charge in [-0.25, -0.2) is 0 Å². The molecule has 4 aromatic rings. The second kappa shape index (κ2) is 15.2. The molecule has 50 heavy (non-hydrogen) atoms. The van der Waals surface area contributed by atoms with Crippen LogP contribution in [-0.4, -0.2) is 72.2 Å². The van der Waals surface area contributed by atoms with Gasteiger partial charge in [-0.3, -0.25) is 9.69 Å². The number of benzene rings is 3. The maximum absolute atomic E-state index is 12.8. The summed E-state index contributed by atoms with van der Waals surface area (Å²) in [6.45, 7) is 14.6. The molecule has 0 aliphatic carbocycles. The highest BCUT2D eigenvalue weighted by atomic mass is 31.1. The molecule has 1 amide bonds. The topological polar surface area (TPSA) is 88.0 Å². The second-order valence-electron chi connectivity index (χ2n) is 13.6. The number of hydrogen-bond acceptors (Lipinski definition) is 8. The van der Waals surface area contributed by atoms with Crippen molar-refractivity contribution in [2.75, 3.05) is 66.0 Å². The number of aromatic nitrogens is 3. The molecule has 7 rings (SSSR count). The third kappa shape index (κ3) is 7.52. The van der Waals surface area contributed by atoms with E-state index in [1.54, 1.807) is 28.3 Å². The van der Waals surface area contributed by atoms with Crippen LogP contribution < -0.4 is 24.8 Å². The molecule has 4 heterocycles. The Morgan fingerprint density at radius 3 is 2.40 bits per heavy atom. The maximum Gasteiger partial charge on any atom is 0.249 e. The number of fused-ring (bicyclic) bond motifs is 1. The molecule has 3 aromatic carbocycles. The number of ether oxygens (including phenoxy) is 2. The van der Waals surface area contributed by atoms with E-state index in [9.17, 15) is 4.79 Å². The summed E-state index contributed by atoms with van der Waals surface area (Å²) >= 11 is 0. The fourth-order valence-electron chi connectivity index (χ4n) is 7.20. The van der Waals surface area contributed by atoms with E-state index in [0.29, 0.717) is 25.4 Å². The van der Waals surface area contributed by atoms with E-state index in [1.807, 2.05) is 12.1 Å². The first-order chi connectivity index (χ1) is 24.4. The van der Waals surface area contributed by atoms with Crippen LogP contribution >= 0.6 is 8.58 Å². The second-order valence-corrected chi connectivity index (χ2v) is 15.3. The average Bonchev–Trinajstić information content (AvgIpc) is 3.94. The SMILES string of the molecule is C=CN(C(=O)PC(C)CC)c1ccc(N2CCN(c3ccc(OCC4COC(Cn5nccn5)(c5ccc6c(c5)NCC6)C4)cc3)CC2)cc1. The van der Waals surface area contributed by atoms with Gasteiger partial charge >= 0.3 is 0 Å². The van der Waals surface area contributed by atoms with Crippen molar-refractivity contribution in [1.82, 2.24) is 15.0 Å². The van der Waals surface area contributed by atoms with Gasteiger partial charge in [0.05, 0.1) is 32.2 Å². The summed E-state index contributed by atoms with van der Waals surface area (Å²) in [5.74, 6) is 1.12. The van der Waals surface area contributed by atoms with Crippen molar-refractivity contribution < 1.29 is 14.3 Å². The number of rotatable bonds is 13. The highest BCUT2D eigenvalue weighted by Crippen LogP contribution is 2.42. The van der Waals surface area contributed by atoms with Crippen molar-refractivity contribution in [2.45, 2.75) is 50.9 Å². The first-order valence-corrected chi connectivity index (χ1v) is 18.9. The van der Waals surface area contributed by atoms with Crippen LogP contribution in [0, 0.1) is 5.92 Å². The molecule has 1 N–H and O–H groups in total. The zero-order valence-corrected chi connectivity index (χ0v) is 30.1. The Balaban J connectivity index is 0.913. The third-order valence-corrected chi connectivity index (χ3v) is 11.7. The number of nitrogens with one attached hydrogen (secondary N) is 1. The molecule has 3 aliphatic rings. The number of carbonyl (C=O) groups is 1. The molecular weight excluding hydrogens is 645 g/mol. The average molecular weight is 694 g/mol. The molecule has 0 spiro atoms. The number of hydrogen-bond donors (Lipinski definition) is 1. The molecule has 1 aromatic heterocycles. The van der Waals surface area contributed by atoms with Gasteiger partial charge in [0.15, 0.2) is 0 Å². The van der Waals surface area contributed by atoms with E-state index in [2.05, 4.69) is 100 Å². The normalized spacial score (nSPS) is 20.9. The Bertz CT molecular complexity index is 1740. The molecule has 2 saturated heterocycles. The van der Waals surface area contributed by atoms with Gasteiger partial charge in [-0.2, -0.15) is 15.0 Å². The van der Waals surface area contributed by atoms with E-state index in [0.717, 1.165) is 69.0 Å². The van der Waals surface area contributed by atoms with Gasteiger partial charge in [0.1, 0.15) is 11.4 Å². The Morgan fingerprint density at radius 1 is 1.06 bits per heavy atom. The van der Waals surface area contributed by atoms with Crippen molar-refractivity contribution in [3.63, 3.8) is 0 Å². The van der Waals surface area contributed by atoms with Crippen LogP contribution in [0.15, 0.2) is 91.9 Å². The number of carbonyl (C=O) groups excluding carboxylic acids is 1. The van der Waals surface area contributed by atoms with Gasteiger partial charge in [-0.05, 0) is 99.2 Å². The van der Waals surface area contributed by atoms with Crippen molar-refractivity contribution in [3.05, 3.63) is 103 Å². The van der Waals surface area contributed by atoms with Gasteiger partial charge in [0, 0.05) is 67.6 Å². The maximum atomic E-state index is 12.8. The monoisotopic (exact) mass is 693 g/mol. The van der Waals surface area contributed by atoms with Crippen molar-refractivity contribution in [1.29, 1.82) is 0 Å². The summed E-state index contributed by atoms with van der Waals surface area (Å²) in [5.41, 5.74) is 6.97. The Hall–Kier alpha value is -4.40. The minimum atomic E-state index is -0.501. The molecular formula is C39H48N7O3P. The van der Waals surface area contributed by atoms with E-state index >= 15 is 0 Å². The van der Waals surface area contributed by atoms with Gasteiger partial charge in [0.2, 0.25) is 5.65 Å². The molecule has 0 bridgehead atoms. The minimum absolute atomic E-state index is 0.115. The van der Waals surface area contributed by atoms with Crippen LogP contribution in [0.4, 0.5) is 27.5 Å². The van der Waals surface area contributed by atoms with Crippen LogP contribution in [-0.2, 0) is 23.3 Å². The van der Waals surface area contributed by atoms with Crippen molar-refractivity contribution in [2.24, 2.45) is 5.92 Å². The summed E-state index contributed by atoms with van der Waals surface area (Å²) < 4.78 is 12.9. The molecule has 0 saturated carbocycles. The Morgan fingerprint density at radius 2 is 1.74 bits per heavy atom. The molecule has 262 valence electrons. The third-order valence-electron chi connectivity index (χ3n) is 10.3. The van der Waals surface area contributed by atoms with E-state index < -0.39 is 5.60 Å². The van der Waals surface area contributed by atoms with Gasteiger partial charge < -0.3 is 24.6 Å². The lowest BCUT2D eigenvalue weighted by Gasteiger charge is -2.37. The van der Waals surface area contributed by atoms with Crippen molar-refractivity contribution >= 4 is 37.0 Å². The van der Waals surface area contributed by atoms with E-state index in [4.69, 9.17) is 9.47 Å². The first kappa shape index (κ1) is 34.1. The molecule has 3 aliphatic heterocycles. The lowest BCUT2D eigenvalue weighted by molar-refractivity contribution is -0.0209. The zero-order valence-electron chi connectivity index (χ0n) is 29.1. The predicted molar refractivity (Wildman–Crippen MR) is 203 cm³/mol. The predicted octanol–water partition coefficient (Wildman–Crippen LogP) is 7.13. The fraction of sp³-hybridized carbons (Fsp3) is 0.410. The van der Waals surface area contributed by atoms with Crippen molar-refractivity contribution in [3.8, 4) is 5.75 Å². The van der Waals surface area contributed by atoms with Crippen LogP contribution in [0.2, 0.25) is 0 Å². The van der Waals surface area contributed by atoms with Crippen LogP contribution in [0.25, 0.3) is 0 Å². The summed E-state index contributed by atoms with van der Waals surface area (Å²) in [5, 5.41) is 12.3. The fourth-order valence-corrected chi connectivity index (χ4v) is 8.19. The molecule has 0 radical (unpaired) electrons. The van der Waals surface area contributed by atoms with Crippen LogP contribution in [0.3, 0.4) is 0 Å². The number of piperazine rings is 1. The smallest absolute Gasteiger partial charge is 0.249 e. The Kier molecular flexibility index (Phi) is 10.4. The molecule has 2 fully saturated rings. The van der Waals surface area contributed by atoms with Gasteiger partial charge in [-0.15, -0.1) is 0 Å². The largest absolute Gasteiger partial charge is 0.493 e. The highest BCUT2D eigenvalue weighted by molar-refractivity contribution is 7.59. The minimum Gasteiger partial charge on any atom is -0.493 e. The standard InChI is InChI=1S/C39H48N7O3P/c1-4-29(3)50-38(47)45(5-2)35-10-8-33(9-11-35)43-20-22-44(23-21-43)34-12-14-36(15-13-34)48-26-30-25-39(49-27-30,28-46-41-18-19-42-46)32-7-6-31-16-17-40-37(31)24-32/h5-15,18-19,24,29-30,40,50H,2,4,16-17,20-23,25-28H2,1,3H3. The summed E-state index contributed by atoms with van der Waals surface area (Å²) in [6.07, 6.45) is 7.95. The molecule has 4 unspecified atom stereocenters. The summed E-state index contributed by atoms with van der Waals surface area (Å²) in [6, 6.07) is 23.5. The lowest BCUT2D eigenvalue weighted by atomic mass is 9.86. The summed E-state index contributed by atoms with van der Waals surface area (Å²) in [4.78, 5) is 21.0. The highest BCUT2D eigenvalue weighted by Gasteiger charge is 2.43. The molecule has 4 atom stereocenters. The van der Waals surface area contributed by atoms with Gasteiger partial charge in [-0.1, -0.05) is 32.6 Å². The van der Waals surface area contributed by atoms with E-state index in [-0.39, 0.29) is 20.1 Å². The zero-order chi connectivity index (χ0) is 34.5. The first-order valence-electron chi connectivity index (χ1n) is 17.8. The van der Waals surface area contributed by atoms with E-state index in [1.165, 1.54) is 22.6 Å². The number of amides is 1.